The van der Waals surface area contributed by atoms with E-state index < -0.39 is 0 Å². The number of nitriles is 1. The molecule has 3 rings (SSSR count). The van der Waals surface area contributed by atoms with Crippen LogP contribution in [0, 0.1) is 11.3 Å². The van der Waals surface area contributed by atoms with Crippen molar-refractivity contribution in [3.05, 3.63) is 53.3 Å². The van der Waals surface area contributed by atoms with Crippen molar-refractivity contribution in [2.24, 2.45) is 0 Å². The first-order chi connectivity index (χ1) is 8.79. The molecule has 2 heterocycles. The summed E-state index contributed by atoms with van der Waals surface area (Å²) in [6, 6.07) is 13.3. The first kappa shape index (κ1) is 10.8. The highest BCUT2D eigenvalue weighted by atomic mass is 35.5. The quantitative estimate of drug-likeness (QED) is 0.616. The number of benzene rings is 1. The van der Waals surface area contributed by atoms with E-state index in [0.717, 1.165) is 5.56 Å². The molecule has 0 aliphatic rings. The van der Waals surface area contributed by atoms with Gasteiger partial charge < -0.3 is 4.42 Å². The topological polar surface area (TPSA) is 49.8 Å². The maximum absolute atomic E-state index is 9.27. The zero-order chi connectivity index (χ0) is 12.5. The van der Waals surface area contributed by atoms with Crippen LogP contribution >= 0.6 is 11.6 Å². The fourth-order valence-electron chi connectivity index (χ4n) is 1.87. The maximum Gasteiger partial charge on any atom is 0.153 e. The molecular formula is C14H7ClN2O. The number of fused-ring (bicyclic) bond motifs is 1. The minimum absolute atomic E-state index is 0.348. The predicted octanol–water partition coefficient (Wildman–Crippen LogP) is 4.02. The van der Waals surface area contributed by atoms with Crippen molar-refractivity contribution in [3.63, 3.8) is 0 Å². The molecule has 0 atom stereocenters. The summed E-state index contributed by atoms with van der Waals surface area (Å²) in [6.45, 7) is 0. The molecule has 86 valence electrons. The van der Waals surface area contributed by atoms with Gasteiger partial charge in [-0.1, -0.05) is 41.9 Å². The van der Waals surface area contributed by atoms with Gasteiger partial charge in [0.15, 0.2) is 5.76 Å². The van der Waals surface area contributed by atoms with Gasteiger partial charge in [-0.25, -0.2) is 4.98 Å². The highest BCUT2D eigenvalue weighted by molar-refractivity contribution is 6.30. The van der Waals surface area contributed by atoms with E-state index in [9.17, 15) is 5.26 Å². The third-order valence-corrected chi connectivity index (χ3v) is 2.90. The van der Waals surface area contributed by atoms with Gasteiger partial charge in [0.2, 0.25) is 0 Å². The number of furan rings is 1. The van der Waals surface area contributed by atoms with Gasteiger partial charge in [0.1, 0.15) is 22.4 Å². The van der Waals surface area contributed by atoms with E-state index in [2.05, 4.69) is 11.1 Å². The van der Waals surface area contributed by atoms with Crippen molar-refractivity contribution in [3.8, 4) is 17.4 Å². The predicted molar refractivity (Wildman–Crippen MR) is 69.2 cm³/mol. The average molecular weight is 255 g/mol. The lowest BCUT2D eigenvalue weighted by Crippen LogP contribution is -1.78. The Labute approximate surface area is 108 Å². The first-order valence-electron chi connectivity index (χ1n) is 5.33. The molecule has 0 fully saturated rings. The SMILES string of the molecule is N#Cc1c(-c2ccccc2)oc2cc(Cl)ncc12. The molecule has 18 heavy (non-hydrogen) atoms. The normalized spacial score (nSPS) is 10.4. The number of rotatable bonds is 1. The molecule has 1 aromatic carbocycles. The number of aromatic nitrogens is 1. The lowest BCUT2D eigenvalue weighted by Gasteiger charge is -1.95. The Bertz CT molecular complexity index is 757. The zero-order valence-corrected chi connectivity index (χ0v) is 9.98. The summed E-state index contributed by atoms with van der Waals surface area (Å²) in [7, 11) is 0. The number of pyridine rings is 1. The number of halogens is 1. The van der Waals surface area contributed by atoms with Crippen LogP contribution in [0.3, 0.4) is 0 Å². The Hall–Kier alpha value is -2.31. The van der Waals surface area contributed by atoms with Crippen molar-refractivity contribution in [1.82, 2.24) is 4.98 Å². The molecule has 0 saturated carbocycles. The van der Waals surface area contributed by atoms with Gasteiger partial charge >= 0.3 is 0 Å². The second-order valence-electron chi connectivity index (χ2n) is 3.79. The van der Waals surface area contributed by atoms with Crippen LogP contribution in [-0.4, -0.2) is 4.98 Å². The highest BCUT2D eigenvalue weighted by Crippen LogP contribution is 2.33. The van der Waals surface area contributed by atoms with Gasteiger partial charge in [-0.3, -0.25) is 0 Å². The summed E-state index contributed by atoms with van der Waals surface area (Å²) in [5.41, 5.74) is 1.92. The third-order valence-electron chi connectivity index (χ3n) is 2.69. The van der Waals surface area contributed by atoms with Gasteiger partial charge in [0.25, 0.3) is 0 Å². The average Bonchev–Trinajstić information content (AvgIpc) is 2.77. The second kappa shape index (κ2) is 4.17. The molecule has 0 N–H and O–H groups in total. The molecule has 3 nitrogen and oxygen atoms in total. The van der Waals surface area contributed by atoms with E-state index >= 15 is 0 Å². The van der Waals surface area contributed by atoms with Crippen LogP contribution in [0.2, 0.25) is 5.15 Å². The standard InChI is InChI=1S/C14H7ClN2O/c15-13-6-12-11(8-17-13)10(7-16)14(18-12)9-4-2-1-3-5-9/h1-6,8H. The number of hydrogen-bond acceptors (Lipinski definition) is 3. The Balaban J connectivity index is 2.34. The van der Waals surface area contributed by atoms with Crippen LogP contribution in [0.15, 0.2) is 47.0 Å². The highest BCUT2D eigenvalue weighted by Gasteiger charge is 2.15. The van der Waals surface area contributed by atoms with Gasteiger partial charge in [-0.2, -0.15) is 5.26 Å². The van der Waals surface area contributed by atoms with E-state index in [1.165, 1.54) is 0 Å². The molecule has 0 unspecified atom stereocenters. The minimum Gasteiger partial charge on any atom is -0.454 e. The number of nitrogens with zero attached hydrogens (tertiary/aromatic N) is 2. The molecule has 0 aliphatic carbocycles. The summed E-state index contributed by atoms with van der Waals surface area (Å²) in [5.74, 6) is 0.553. The fourth-order valence-corrected chi connectivity index (χ4v) is 2.02. The van der Waals surface area contributed by atoms with Crippen molar-refractivity contribution in [1.29, 1.82) is 5.26 Å². The van der Waals surface area contributed by atoms with E-state index in [1.54, 1.807) is 12.3 Å². The monoisotopic (exact) mass is 254 g/mol. The molecule has 0 bridgehead atoms. The summed E-state index contributed by atoms with van der Waals surface area (Å²) in [6.07, 6.45) is 1.56. The minimum atomic E-state index is 0.348. The Morgan fingerprint density at radius 3 is 2.72 bits per heavy atom. The van der Waals surface area contributed by atoms with Gasteiger partial charge in [0.05, 0.1) is 5.39 Å². The Morgan fingerprint density at radius 2 is 2.00 bits per heavy atom. The van der Waals surface area contributed by atoms with Gasteiger partial charge in [0, 0.05) is 17.8 Å². The lowest BCUT2D eigenvalue weighted by atomic mass is 10.1. The molecular weight excluding hydrogens is 248 g/mol. The maximum atomic E-state index is 9.27. The summed E-state index contributed by atoms with van der Waals surface area (Å²) >= 11 is 5.82. The largest absolute Gasteiger partial charge is 0.454 e. The van der Waals surface area contributed by atoms with Crippen molar-refractivity contribution in [2.75, 3.05) is 0 Å². The molecule has 0 aliphatic heterocycles. The van der Waals surface area contributed by atoms with Crippen LogP contribution in [0.1, 0.15) is 5.56 Å². The van der Waals surface area contributed by atoms with Crippen molar-refractivity contribution >= 4 is 22.6 Å². The molecule has 2 aromatic heterocycles. The smallest absolute Gasteiger partial charge is 0.153 e. The summed E-state index contributed by atoms with van der Waals surface area (Å²) in [4.78, 5) is 3.98. The van der Waals surface area contributed by atoms with E-state index in [0.29, 0.717) is 27.4 Å². The Kier molecular flexibility index (Phi) is 2.51. The van der Waals surface area contributed by atoms with Gasteiger partial charge in [-0.05, 0) is 0 Å². The van der Waals surface area contributed by atoms with Crippen LogP contribution in [0.4, 0.5) is 0 Å². The van der Waals surface area contributed by atoms with Crippen LogP contribution < -0.4 is 0 Å². The van der Waals surface area contributed by atoms with E-state index in [-0.39, 0.29) is 0 Å². The third kappa shape index (κ3) is 1.64. The van der Waals surface area contributed by atoms with Crippen LogP contribution in [0.5, 0.6) is 0 Å². The summed E-state index contributed by atoms with van der Waals surface area (Å²) in [5, 5.41) is 10.3. The molecule has 3 aromatic rings. The molecule has 0 spiro atoms. The lowest BCUT2D eigenvalue weighted by molar-refractivity contribution is 0.630. The fraction of sp³-hybridized carbons (Fsp3) is 0. The van der Waals surface area contributed by atoms with E-state index in [1.807, 2.05) is 30.3 Å². The van der Waals surface area contributed by atoms with Crippen LogP contribution in [-0.2, 0) is 0 Å². The molecule has 4 heteroatoms. The Morgan fingerprint density at radius 1 is 1.22 bits per heavy atom. The van der Waals surface area contributed by atoms with Crippen molar-refractivity contribution < 1.29 is 4.42 Å². The molecule has 0 amide bonds. The molecule has 0 saturated heterocycles. The van der Waals surface area contributed by atoms with Crippen LogP contribution in [0.25, 0.3) is 22.3 Å². The zero-order valence-electron chi connectivity index (χ0n) is 9.22. The molecule has 0 radical (unpaired) electrons. The van der Waals surface area contributed by atoms with Gasteiger partial charge in [-0.15, -0.1) is 0 Å². The van der Waals surface area contributed by atoms with E-state index in [4.69, 9.17) is 16.0 Å². The summed E-state index contributed by atoms with van der Waals surface area (Å²) < 4.78 is 5.71. The second-order valence-corrected chi connectivity index (χ2v) is 4.17. The number of hydrogen-bond donors (Lipinski definition) is 0. The first-order valence-corrected chi connectivity index (χ1v) is 5.71. The van der Waals surface area contributed by atoms with Crippen molar-refractivity contribution in [2.45, 2.75) is 0 Å².